The lowest BCUT2D eigenvalue weighted by atomic mass is 9.57. The number of para-hydroxylation sites is 1. The second-order valence-electron chi connectivity index (χ2n) is 15.4. The van der Waals surface area contributed by atoms with E-state index in [2.05, 4.69) is 27.8 Å². The van der Waals surface area contributed by atoms with Crippen LogP contribution in [-0.4, -0.2) is 97.5 Å². The van der Waals surface area contributed by atoms with Gasteiger partial charge in [-0.1, -0.05) is 12.1 Å². The zero-order valence-corrected chi connectivity index (χ0v) is 31.2. The van der Waals surface area contributed by atoms with Crippen molar-refractivity contribution >= 4 is 44.8 Å². The number of anilines is 2. The summed E-state index contributed by atoms with van der Waals surface area (Å²) in [6, 6.07) is 10.6. The molecule has 4 radical (unpaired) electrons. The van der Waals surface area contributed by atoms with Gasteiger partial charge in [0.25, 0.3) is 5.91 Å². The molecule has 8 rings (SSSR count). The predicted molar refractivity (Wildman–Crippen MR) is 206 cm³/mol. The van der Waals surface area contributed by atoms with E-state index in [1.54, 1.807) is 23.1 Å². The van der Waals surface area contributed by atoms with Crippen LogP contribution in [-0.2, 0) is 14.9 Å². The largest absolute Gasteiger partial charge is 0.393 e. The van der Waals surface area contributed by atoms with Gasteiger partial charge in [0.05, 0.1) is 56.7 Å². The van der Waals surface area contributed by atoms with Crippen LogP contribution in [0, 0.1) is 5.92 Å². The molecule has 55 heavy (non-hydrogen) atoms. The molecule has 3 amide bonds. The van der Waals surface area contributed by atoms with Gasteiger partial charge >= 0.3 is 11.6 Å². The third kappa shape index (κ3) is 6.78. The second kappa shape index (κ2) is 14.0. The number of nitrogens with two attached hydrogens (primary N) is 2. The minimum atomic E-state index is -1.56. The molecule has 5 aliphatic rings. The zero-order chi connectivity index (χ0) is 38.8. The molecule has 2 aliphatic carbocycles. The monoisotopic (exact) mass is 742 g/mol. The molecule has 1 unspecified atom stereocenters. The van der Waals surface area contributed by atoms with Gasteiger partial charge in [-0.15, -0.1) is 0 Å². The van der Waals surface area contributed by atoms with Crippen molar-refractivity contribution in [3.63, 3.8) is 0 Å². The molecule has 0 spiro atoms. The third-order valence-electron chi connectivity index (χ3n) is 11.4. The fourth-order valence-electron chi connectivity index (χ4n) is 7.75. The number of fused-ring (bicyclic) bond motifs is 3. The lowest BCUT2D eigenvalue weighted by molar-refractivity contribution is -0.912. The summed E-state index contributed by atoms with van der Waals surface area (Å²) in [6.45, 7) is 4.31. The first-order valence-electron chi connectivity index (χ1n) is 19.0. The van der Waals surface area contributed by atoms with Gasteiger partial charge < -0.3 is 42.1 Å². The number of pyridine rings is 1. The van der Waals surface area contributed by atoms with Gasteiger partial charge in [-0.3, -0.25) is 24.3 Å². The highest BCUT2D eigenvalue weighted by atomic mass is 16.5. The molecule has 2 aromatic heterocycles. The van der Waals surface area contributed by atoms with Gasteiger partial charge in [-0.2, -0.15) is 5.10 Å². The van der Waals surface area contributed by atoms with E-state index in [-0.39, 0.29) is 64.5 Å². The summed E-state index contributed by atoms with van der Waals surface area (Å²) in [5.74, 6) is -0.790. The highest BCUT2D eigenvalue weighted by molar-refractivity contribution is 6.39. The van der Waals surface area contributed by atoms with E-state index >= 15 is 0 Å². The molecule has 5 heterocycles. The number of likely N-dealkylation sites (tertiary alicyclic amines) is 2. The lowest BCUT2D eigenvalue weighted by Crippen LogP contribution is -2.63. The van der Waals surface area contributed by atoms with E-state index in [1.165, 1.54) is 6.08 Å². The van der Waals surface area contributed by atoms with Crippen LogP contribution in [0.5, 0.6) is 0 Å². The van der Waals surface area contributed by atoms with Crippen molar-refractivity contribution in [3.8, 4) is 11.1 Å². The Balaban J connectivity index is 1.04. The Kier molecular flexibility index (Phi) is 9.30. The molecular weight excluding hydrogens is 696 g/mol. The molecule has 3 aromatic rings. The van der Waals surface area contributed by atoms with Crippen LogP contribution in [0.4, 0.5) is 11.4 Å². The molecule has 1 aromatic carbocycles. The molecule has 3 aliphatic heterocycles. The van der Waals surface area contributed by atoms with Crippen molar-refractivity contribution in [2.24, 2.45) is 17.4 Å². The standard InChI is InChI=1S/C38H45B2N11O4/c1-21-33-26(18-43-50(33)24-19-49(20-24)38(39,40)30-10-6-9-29(51(30)55)37(54)48-15-3-4-16-48)25-7-5-8-27(34(25)47(21)2)45-28(32(42)36(53)44-23-13-14-23)17-31(41)46-35(52)22-11-12-22/h5-10,17-18,21-24,42,55H,3-4,11-16,19-20H2,1-2H3,(H5,41,44,45,46,52,53,54)/p+1. The van der Waals surface area contributed by atoms with Crippen molar-refractivity contribution in [2.45, 2.75) is 68.9 Å². The van der Waals surface area contributed by atoms with Crippen molar-refractivity contribution in [2.75, 3.05) is 43.4 Å². The summed E-state index contributed by atoms with van der Waals surface area (Å²) < 4.78 is 2.84. The first-order valence-corrected chi connectivity index (χ1v) is 19.0. The topological polar surface area (TPSA) is 191 Å². The van der Waals surface area contributed by atoms with Crippen molar-refractivity contribution in [1.29, 1.82) is 0 Å². The number of amides is 3. The number of hydrogen-bond donors (Lipinski definition) is 6. The van der Waals surface area contributed by atoms with Crippen molar-refractivity contribution in [3.05, 3.63) is 83.0 Å². The van der Waals surface area contributed by atoms with Crippen LogP contribution < -0.4 is 37.0 Å². The van der Waals surface area contributed by atoms with Crippen LogP contribution in [0.2, 0.25) is 0 Å². The smallest absolute Gasteiger partial charge is 0.323 e. The first kappa shape index (κ1) is 36.5. The fraction of sp³-hybridized carbons (Fsp3) is 0.447. The molecule has 17 heteroatoms. The van der Waals surface area contributed by atoms with Gasteiger partial charge in [0, 0.05) is 84.6 Å². The van der Waals surface area contributed by atoms with Gasteiger partial charge in [0.15, 0.2) is 0 Å². The summed E-state index contributed by atoms with van der Waals surface area (Å²) in [6.07, 6.45) is 8.67. The normalized spacial score (nSPS) is 20.6. The fourth-order valence-corrected chi connectivity index (χ4v) is 7.75. The lowest BCUT2D eigenvalue weighted by Gasteiger charge is -2.49. The average molecular weight is 742 g/mol. The molecule has 15 nitrogen and oxygen atoms in total. The molecule has 282 valence electrons. The number of hydrogen-bond acceptors (Lipinski definition) is 10. The molecule has 0 bridgehead atoms. The maximum Gasteiger partial charge on any atom is 0.323 e. The number of nitrogens with one attached hydrogen (secondary N) is 3. The van der Waals surface area contributed by atoms with Crippen LogP contribution in [0.3, 0.4) is 0 Å². The number of allylic oxidation sites excluding steroid dienone is 1. The summed E-state index contributed by atoms with van der Waals surface area (Å²) in [5.41, 5.74) is 17.7. The van der Waals surface area contributed by atoms with E-state index in [0.29, 0.717) is 31.9 Å². The Bertz CT molecular complexity index is 2110. The number of rotatable bonds is 11. The van der Waals surface area contributed by atoms with Crippen LogP contribution >= 0.6 is 0 Å². The predicted octanol–water partition coefficient (Wildman–Crippen LogP) is 1.01. The Hall–Kier alpha value is -5.44. The summed E-state index contributed by atoms with van der Waals surface area (Å²) in [5, 5.41) is 23.5. The number of carbonyl (C=O) groups is 3. The minimum absolute atomic E-state index is 0.0461. The van der Waals surface area contributed by atoms with Crippen LogP contribution in [0.15, 0.2) is 65.9 Å². The number of aromatic nitrogens is 3. The number of nitrogens with zero attached hydrogens (tertiary/aromatic N) is 6. The van der Waals surface area contributed by atoms with Crippen molar-refractivity contribution < 1.29 is 24.3 Å². The van der Waals surface area contributed by atoms with E-state index in [9.17, 15) is 19.6 Å². The number of carbonyl (C=O) groups excluding carboxylic acids is 3. The minimum Gasteiger partial charge on any atom is -0.393 e. The quantitative estimate of drug-likeness (QED) is 0.0544. The Morgan fingerprint density at radius 1 is 1.02 bits per heavy atom. The maximum absolute atomic E-state index is 13.1. The summed E-state index contributed by atoms with van der Waals surface area (Å²) in [7, 11) is 15.4. The first-order chi connectivity index (χ1) is 26.3. The van der Waals surface area contributed by atoms with Gasteiger partial charge in [-0.25, -0.2) is 0 Å². The maximum atomic E-state index is 13.1. The van der Waals surface area contributed by atoms with Crippen molar-refractivity contribution in [1.82, 2.24) is 30.2 Å². The molecule has 1 atom stereocenters. The van der Waals surface area contributed by atoms with E-state index < -0.39 is 11.2 Å². The third-order valence-corrected chi connectivity index (χ3v) is 11.4. The van der Waals surface area contributed by atoms with E-state index in [1.807, 2.05) is 41.0 Å². The van der Waals surface area contributed by atoms with Gasteiger partial charge in [0.2, 0.25) is 11.6 Å². The molecule has 8 N–H and O–H groups in total. The molecular formula is C38H46B2N11O4+. The van der Waals surface area contributed by atoms with E-state index in [0.717, 1.165) is 65.8 Å². The number of benzene rings is 1. The second-order valence-corrected chi connectivity index (χ2v) is 15.4. The Labute approximate surface area is 322 Å². The highest BCUT2D eigenvalue weighted by Gasteiger charge is 2.46. The van der Waals surface area contributed by atoms with E-state index in [4.69, 9.17) is 32.3 Å². The molecule has 2 saturated carbocycles. The summed E-state index contributed by atoms with van der Waals surface area (Å²) in [4.78, 5) is 44.5. The summed E-state index contributed by atoms with van der Waals surface area (Å²) >= 11 is 0. The van der Waals surface area contributed by atoms with Crippen LogP contribution in [0.1, 0.15) is 79.4 Å². The molecule has 4 fully saturated rings. The Morgan fingerprint density at radius 3 is 2.42 bits per heavy atom. The SMILES string of the molecule is [B]C([B])(c1cccc(C(=O)N2CCCC2)[n+]1O)N1CC(n2ncc3c2C(C)N(C)c2c(NC(/C=C(\N)NC(=O)C4CC4)=C(/N)C(=O)NC4CC4)cccc2-3)C1. The molecule has 2 saturated heterocycles. The average Bonchev–Trinajstić information content (AvgIpc) is 4.05. The van der Waals surface area contributed by atoms with Gasteiger partial charge in [0.1, 0.15) is 11.5 Å². The zero-order valence-electron chi connectivity index (χ0n) is 31.2. The highest BCUT2D eigenvalue weighted by Crippen LogP contribution is 2.49. The van der Waals surface area contributed by atoms with Gasteiger partial charge in [-0.05, 0) is 57.6 Å². The van der Waals surface area contributed by atoms with Crippen LogP contribution in [0.25, 0.3) is 11.1 Å². The Morgan fingerprint density at radius 2 is 1.73 bits per heavy atom.